The first kappa shape index (κ1) is 12.2. The van der Waals surface area contributed by atoms with Crippen molar-refractivity contribution in [2.24, 2.45) is 11.8 Å². The molecule has 0 spiro atoms. The summed E-state index contributed by atoms with van der Waals surface area (Å²) in [5, 5.41) is 0. The summed E-state index contributed by atoms with van der Waals surface area (Å²) in [6.45, 7) is 5.82. The van der Waals surface area contributed by atoms with Gasteiger partial charge >= 0.3 is 0 Å². The third-order valence-electron chi connectivity index (χ3n) is 3.97. The highest BCUT2D eigenvalue weighted by atomic mass is 15.2. The minimum absolute atomic E-state index is 0.717. The topological polar surface area (TPSA) is 24.3 Å². The van der Waals surface area contributed by atoms with E-state index < -0.39 is 0 Å². The van der Waals surface area contributed by atoms with Gasteiger partial charge in [0.1, 0.15) is 5.82 Å². The summed E-state index contributed by atoms with van der Waals surface area (Å²) in [6, 6.07) is 0. The predicted molar refractivity (Wildman–Crippen MR) is 72.3 cm³/mol. The Kier molecular flexibility index (Phi) is 3.39. The lowest BCUT2D eigenvalue weighted by Crippen LogP contribution is -2.34. The lowest BCUT2D eigenvalue weighted by Gasteiger charge is -2.25. The summed E-state index contributed by atoms with van der Waals surface area (Å²) in [5.74, 6) is 2.93. The van der Waals surface area contributed by atoms with Crippen molar-refractivity contribution >= 4 is 0 Å². The molecule has 1 atom stereocenters. The third kappa shape index (κ3) is 2.93. The van der Waals surface area contributed by atoms with Crippen molar-refractivity contribution in [3.05, 3.63) is 18.2 Å². The Morgan fingerprint density at radius 2 is 2.11 bits per heavy atom. The van der Waals surface area contributed by atoms with Crippen LogP contribution in [0.1, 0.15) is 18.7 Å². The van der Waals surface area contributed by atoms with Gasteiger partial charge in [0.25, 0.3) is 0 Å². The van der Waals surface area contributed by atoms with E-state index >= 15 is 0 Å². The van der Waals surface area contributed by atoms with Gasteiger partial charge in [0.05, 0.1) is 6.54 Å². The fraction of sp³-hybridized carbons (Fsp3) is 0.786. The SMILES string of the molecule is CN(C)C[C@H]1CN(CC2CC2)Cc2nccn2C1. The Hall–Kier alpha value is -0.870. The van der Waals surface area contributed by atoms with E-state index in [1.54, 1.807) is 0 Å². The maximum Gasteiger partial charge on any atom is 0.122 e. The molecule has 0 unspecified atom stereocenters. The molecule has 4 heteroatoms. The molecule has 0 aromatic carbocycles. The molecule has 0 radical (unpaired) electrons. The molecule has 0 amide bonds. The monoisotopic (exact) mass is 248 g/mol. The summed E-state index contributed by atoms with van der Waals surface area (Å²) in [4.78, 5) is 9.45. The molecule has 1 aliphatic heterocycles. The van der Waals surface area contributed by atoms with Gasteiger partial charge in [0.2, 0.25) is 0 Å². The third-order valence-corrected chi connectivity index (χ3v) is 3.97. The van der Waals surface area contributed by atoms with Crippen molar-refractivity contribution in [1.82, 2.24) is 19.4 Å². The minimum Gasteiger partial charge on any atom is -0.333 e. The number of aromatic nitrogens is 2. The van der Waals surface area contributed by atoms with Crippen LogP contribution in [0.2, 0.25) is 0 Å². The highest BCUT2D eigenvalue weighted by Gasteiger charge is 2.28. The number of hydrogen-bond donors (Lipinski definition) is 0. The first-order valence-electron chi connectivity index (χ1n) is 7.08. The molecule has 1 saturated carbocycles. The standard InChI is InChI=1S/C14H24N4/c1-16(2)7-13-9-17(8-12-3-4-12)11-14-15-5-6-18(14)10-13/h5-6,12-13H,3-4,7-11H2,1-2H3/t13-/m0/s1. The smallest absolute Gasteiger partial charge is 0.122 e. The number of imidazole rings is 1. The second kappa shape index (κ2) is 5.02. The van der Waals surface area contributed by atoms with Crippen molar-refractivity contribution in [3.63, 3.8) is 0 Å². The van der Waals surface area contributed by atoms with Gasteiger partial charge in [-0.1, -0.05) is 0 Å². The summed E-state index contributed by atoms with van der Waals surface area (Å²) < 4.78 is 2.35. The van der Waals surface area contributed by atoms with Crippen LogP contribution in [-0.2, 0) is 13.1 Å². The Balaban J connectivity index is 1.72. The molecule has 0 saturated heterocycles. The fourth-order valence-corrected chi connectivity index (χ4v) is 3.06. The zero-order valence-corrected chi connectivity index (χ0v) is 11.5. The molecular formula is C14H24N4. The predicted octanol–water partition coefficient (Wildman–Crippen LogP) is 1.29. The number of nitrogens with zero attached hydrogens (tertiary/aromatic N) is 4. The molecule has 1 fully saturated rings. The van der Waals surface area contributed by atoms with E-state index in [4.69, 9.17) is 0 Å². The van der Waals surface area contributed by atoms with Gasteiger partial charge in [-0.25, -0.2) is 4.98 Å². The van der Waals surface area contributed by atoms with Gasteiger partial charge in [-0.3, -0.25) is 4.90 Å². The van der Waals surface area contributed by atoms with Gasteiger partial charge in [0.15, 0.2) is 0 Å². The Labute approximate surface area is 110 Å². The second-order valence-electron chi connectivity index (χ2n) is 6.26. The van der Waals surface area contributed by atoms with Crippen LogP contribution in [0.15, 0.2) is 12.4 Å². The van der Waals surface area contributed by atoms with E-state index in [0.717, 1.165) is 19.0 Å². The molecular weight excluding hydrogens is 224 g/mol. The first-order valence-corrected chi connectivity index (χ1v) is 7.08. The molecule has 18 heavy (non-hydrogen) atoms. The largest absolute Gasteiger partial charge is 0.333 e. The second-order valence-corrected chi connectivity index (χ2v) is 6.26. The Morgan fingerprint density at radius 1 is 1.28 bits per heavy atom. The van der Waals surface area contributed by atoms with E-state index in [2.05, 4.69) is 39.6 Å². The molecule has 2 heterocycles. The Morgan fingerprint density at radius 3 is 2.83 bits per heavy atom. The number of rotatable bonds is 4. The molecule has 0 bridgehead atoms. The van der Waals surface area contributed by atoms with Crippen LogP contribution >= 0.6 is 0 Å². The lowest BCUT2D eigenvalue weighted by molar-refractivity contribution is 0.194. The van der Waals surface area contributed by atoms with Crippen LogP contribution in [0.4, 0.5) is 0 Å². The van der Waals surface area contributed by atoms with Gasteiger partial charge in [-0.15, -0.1) is 0 Å². The fourth-order valence-electron chi connectivity index (χ4n) is 3.06. The summed E-state index contributed by atoms with van der Waals surface area (Å²) >= 11 is 0. The maximum atomic E-state index is 4.52. The van der Waals surface area contributed by atoms with Crippen LogP contribution in [0.5, 0.6) is 0 Å². The minimum atomic E-state index is 0.717. The van der Waals surface area contributed by atoms with Crippen molar-refractivity contribution in [3.8, 4) is 0 Å². The van der Waals surface area contributed by atoms with E-state index in [9.17, 15) is 0 Å². The number of fused-ring (bicyclic) bond motifs is 1. The molecule has 2 aliphatic rings. The quantitative estimate of drug-likeness (QED) is 0.802. The zero-order chi connectivity index (χ0) is 12.5. The molecule has 3 rings (SSSR count). The van der Waals surface area contributed by atoms with Crippen LogP contribution < -0.4 is 0 Å². The highest BCUT2D eigenvalue weighted by Crippen LogP contribution is 2.31. The van der Waals surface area contributed by atoms with Gasteiger partial charge < -0.3 is 9.47 Å². The average molecular weight is 248 g/mol. The summed E-state index contributed by atoms with van der Waals surface area (Å²) in [5.41, 5.74) is 0. The van der Waals surface area contributed by atoms with Crippen LogP contribution in [0, 0.1) is 11.8 Å². The highest BCUT2D eigenvalue weighted by molar-refractivity contribution is 4.96. The van der Waals surface area contributed by atoms with Crippen LogP contribution in [-0.4, -0.2) is 53.1 Å². The summed E-state index contributed by atoms with van der Waals surface area (Å²) in [7, 11) is 4.34. The molecule has 1 aromatic rings. The average Bonchev–Trinajstić information content (AvgIpc) is 3.02. The molecule has 1 aromatic heterocycles. The summed E-state index contributed by atoms with van der Waals surface area (Å²) in [6.07, 6.45) is 6.95. The van der Waals surface area contributed by atoms with E-state index in [1.807, 2.05) is 6.20 Å². The molecule has 100 valence electrons. The van der Waals surface area contributed by atoms with Gasteiger partial charge in [-0.2, -0.15) is 0 Å². The molecule has 0 N–H and O–H groups in total. The molecule has 4 nitrogen and oxygen atoms in total. The van der Waals surface area contributed by atoms with Crippen molar-refractivity contribution in [1.29, 1.82) is 0 Å². The van der Waals surface area contributed by atoms with Crippen LogP contribution in [0.3, 0.4) is 0 Å². The van der Waals surface area contributed by atoms with Crippen molar-refractivity contribution in [2.75, 3.05) is 33.7 Å². The lowest BCUT2D eigenvalue weighted by atomic mass is 10.1. The molecule has 1 aliphatic carbocycles. The van der Waals surface area contributed by atoms with Crippen molar-refractivity contribution in [2.45, 2.75) is 25.9 Å². The maximum absolute atomic E-state index is 4.52. The van der Waals surface area contributed by atoms with Crippen LogP contribution in [0.25, 0.3) is 0 Å². The normalized spacial score (nSPS) is 25.2. The Bertz CT molecular complexity index is 368. The first-order chi connectivity index (χ1) is 8.70. The van der Waals surface area contributed by atoms with E-state index in [-0.39, 0.29) is 0 Å². The van der Waals surface area contributed by atoms with Gasteiger partial charge in [0, 0.05) is 44.5 Å². The van der Waals surface area contributed by atoms with E-state index in [1.165, 1.54) is 38.3 Å². The van der Waals surface area contributed by atoms with Crippen molar-refractivity contribution < 1.29 is 0 Å². The van der Waals surface area contributed by atoms with E-state index in [0.29, 0.717) is 5.92 Å². The number of hydrogen-bond acceptors (Lipinski definition) is 3. The van der Waals surface area contributed by atoms with Gasteiger partial charge in [-0.05, 0) is 32.9 Å². The zero-order valence-electron chi connectivity index (χ0n) is 11.5.